The number of hydrogen-bond donors (Lipinski definition) is 3. The van der Waals surface area contributed by atoms with E-state index in [1.54, 1.807) is 13.3 Å². The van der Waals surface area contributed by atoms with Crippen molar-refractivity contribution in [3.63, 3.8) is 0 Å². The third-order valence-electron chi connectivity index (χ3n) is 1.23. The fourth-order valence-corrected chi connectivity index (χ4v) is 0.691. The fourth-order valence-electron chi connectivity index (χ4n) is 0.638. The Balaban J connectivity index is 2.37. The monoisotopic (exact) mass is 182 g/mol. The number of thiocarbonyl (C=S) groups is 1. The standard InChI is InChI=1S/C7H10N4S/c1-8-7(12)11-10-5-6-2-3-9-4-6/h2-5,9H,1H3,(H2,8,11,12)/b10-5+. The number of hydrogen-bond acceptors (Lipinski definition) is 2. The van der Waals surface area contributed by atoms with Gasteiger partial charge in [-0.3, -0.25) is 5.43 Å². The molecular weight excluding hydrogens is 172 g/mol. The lowest BCUT2D eigenvalue weighted by atomic mass is 10.4. The zero-order valence-electron chi connectivity index (χ0n) is 6.66. The lowest BCUT2D eigenvalue weighted by Gasteiger charge is -1.98. The molecule has 1 rings (SSSR count). The SMILES string of the molecule is CNC(=S)N/N=C/c1cc[nH]c1. The van der Waals surface area contributed by atoms with E-state index in [2.05, 4.69) is 20.8 Å². The van der Waals surface area contributed by atoms with E-state index < -0.39 is 0 Å². The van der Waals surface area contributed by atoms with E-state index in [0.717, 1.165) is 5.56 Å². The summed E-state index contributed by atoms with van der Waals surface area (Å²) in [6.45, 7) is 0. The Bertz CT molecular complexity index is 265. The Labute approximate surface area is 76.1 Å². The molecule has 1 aromatic heterocycles. The molecule has 64 valence electrons. The van der Waals surface area contributed by atoms with Gasteiger partial charge >= 0.3 is 0 Å². The molecule has 0 aliphatic rings. The van der Waals surface area contributed by atoms with Crippen molar-refractivity contribution in [3.05, 3.63) is 24.0 Å². The minimum absolute atomic E-state index is 0.502. The number of rotatable bonds is 2. The molecule has 0 aromatic carbocycles. The van der Waals surface area contributed by atoms with Crippen molar-refractivity contribution in [2.45, 2.75) is 0 Å². The number of H-pyrrole nitrogens is 1. The van der Waals surface area contributed by atoms with E-state index in [0.29, 0.717) is 5.11 Å². The zero-order chi connectivity index (χ0) is 8.81. The van der Waals surface area contributed by atoms with Crippen LogP contribution in [-0.4, -0.2) is 23.4 Å². The van der Waals surface area contributed by atoms with Gasteiger partial charge in [-0.25, -0.2) is 0 Å². The van der Waals surface area contributed by atoms with E-state index in [-0.39, 0.29) is 0 Å². The molecule has 12 heavy (non-hydrogen) atoms. The van der Waals surface area contributed by atoms with Gasteiger partial charge in [0.05, 0.1) is 6.21 Å². The van der Waals surface area contributed by atoms with Crippen LogP contribution in [0.3, 0.4) is 0 Å². The average molecular weight is 182 g/mol. The van der Waals surface area contributed by atoms with Gasteiger partial charge < -0.3 is 10.3 Å². The summed E-state index contributed by atoms with van der Waals surface area (Å²) in [5.74, 6) is 0. The smallest absolute Gasteiger partial charge is 0.186 e. The van der Waals surface area contributed by atoms with Crippen LogP contribution in [0.2, 0.25) is 0 Å². The first kappa shape index (κ1) is 8.73. The van der Waals surface area contributed by atoms with E-state index >= 15 is 0 Å². The molecule has 0 aliphatic carbocycles. The van der Waals surface area contributed by atoms with Gasteiger partial charge in [0.1, 0.15) is 0 Å². The molecule has 0 spiro atoms. The third-order valence-corrected chi connectivity index (χ3v) is 1.52. The van der Waals surface area contributed by atoms with Crippen molar-refractivity contribution in [1.82, 2.24) is 15.7 Å². The highest BCUT2D eigenvalue weighted by Gasteiger charge is 1.86. The zero-order valence-corrected chi connectivity index (χ0v) is 7.48. The summed E-state index contributed by atoms with van der Waals surface area (Å²) in [6, 6.07) is 1.91. The molecule has 0 aliphatic heterocycles. The maximum Gasteiger partial charge on any atom is 0.186 e. The lowest BCUT2D eigenvalue weighted by molar-refractivity contribution is 0.982. The minimum atomic E-state index is 0.502. The van der Waals surface area contributed by atoms with Gasteiger partial charge in [0.2, 0.25) is 0 Å². The molecular formula is C7H10N4S. The molecule has 0 atom stereocenters. The van der Waals surface area contributed by atoms with Crippen molar-refractivity contribution in [3.8, 4) is 0 Å². The Morgan fingerprint density at radius 3 is 3.17 bits per heavy atom. The molecule has 0 bridgehead atoms. The van der Waals surface area contributed by atoms with Crippen molar-refractivity contribution < 1.29 is 0 Å². The molecule has 0 saturated heterocycles. The maximum atomic E-state index is 4.81. The van der Waals surface area contributed by atoms with Crippen LogP contribution in [0.4, 0.5) is 0 Å². The van der Waals surface area contributed by atoms with Crippen molar-refractivity contribution in [1.29, 1.82) is 0 Å². The average Bonchev–Trinajstić information content (AvgIpc) is 2.57. The second-order valence-corrected chi connectivity index (χ2v) is 2.50. The minimum Gasteiger partial charge on any atom is -0.367 e. The van der Waals surface area contributed by atoms with E-state index in [9.17, 15) is 0 Å². The molecule has 0 amide bonds. The third kappa shape index (κ3) is 2.71. The molecule has 4 nitrogen and oxygen atoms in total. The highest BCUT2D eigenvalue weighted by atomic mass is 32.1. The Hall–Kier alpha value is -1.36. The maximum absolute atomic E-state index is 4.81. The summed E-state index contributed by atoms with van der Waals surface area (Å²) in [7, 11) is 1.74. The number of nitrogens with zero attached hydrogens (tertiary/aromatic N) is 1. The van der Waals surface area contributed by atoms with Gasteiger partial charge in [0, 0.05) is 25.0 Å². The van der Waals surface area contributed by atoms with Crippen LogP contribution >= 0.6 is 12.2 Å². The second kappa shape index (κ2) is 4.50. The molecule has 0 saturated carbocycles. The predicted octanol–water partition coefficient (Wildman–Crippen LogP) is 0.442. The first-order valence-corrected chi connectivity index (χ1v) is 3.87. The van der Waals surface area contributed by atoms with Crippen LogP contribution in [0, 0.1) is 0 Å². The first-order valence-electron chi connectivity index (χ1n) is 3.46. The largest absolute Gasteiger partial charge is 0.367 e. The summed E-state index contributed by atoms with van der Waals surface area (Å²) in [5.41, 5.74) is 3.65. The lowest BCUT2D eigenvalue weighted by Crippen LogP contribution is -2.28. The molecule has 0 unspecified atom stereocenters. The second-order valence-electron chi connectivity index (χ2n) is 2.09. The molecule has 3 N–H and O–H groups in total. The Morgan fingerprint density at radius 1 is 1.75 bits per heavy atom. The molecule has 0 fully saturated rings. The molecule has 1 aromatic rings. The fraction of sp³-hybridized carbons (Fsp3) is 0.143. The van der Waals surface area contributed by atoms with Gasteiger partial charge in [-0.1, -0.05) is 0 Å². The van der Waals surface area contributed by atoms with Gasteiger partial charge in [0.25, 0.3) is 0 Å². The van der Waals surface area contributed by atoms with Crippen molar-refractivity contribution in [2.75, 3.05) is 7.05 Å². The quantitative estimate of drug-likeness (QED) is 0.353. The molecule has 5 heteroatoms. The van der Waals surface area contributed by atoms with Crippen molar-refractivity contribution in [2.24, 2.45) is 5.10 Å². The van der Waals surface area contributed by atoms with Gasteiger partial charge in [-0.15, -0.1) is 0 Å². The van der Waals surface area contributed by atoms with Crippen LogP contribution in [0.1, 0.15) is 5.56 Å². The topological polar surface area (TPSA) is 52.2 Å². The van der Waals surface area contributed by atoms with Gasteiger partial charge in [-0.2, -0.15) is 5.10 Å². The molecule has 1 heterocycles. The van der Waals surface area contributed by atoms with Crippen LogP contribution in [0.15, 0.2) is 23.6 Å². The number of aromatic amines is 1. The van der Waals surface area contributed by atoms with Crippen molar-refractivity contribution >= 4 is 23.5 Å². The number of nitrogens with one attached hydrogen (secondary N) is 3. The summed E-state index contributed by atoms with van der Waals surface area (Å²) >= 11 is 4.81. The summed E-state index contributed by atoms with van der Waals surface area (Å²) < 4.78 is 0. The molecule has 0 radical (unpaired) electrons. The highest BCUT2D eigenvalue weighted by molar-refractivity contribution is 7.80. The van der Waals surface area contributed by atoms with Crippen LogP contribution in [-0.2, 0) is 0 Å². The predicted molar refractivity (Wildman–Crippen MR) is 53.2 cm³/mol. The van der Waals surface area contributed by atoms with E-state index in [1.165, 1.54) is 0 Å². The van der Waals surface area contributed by atoms with Gasteiger partial charge in [-0.05, 0) is 18.3 Å². The van der Waals surface area contributed by atoms with Crippen LogP contribution in [0.25, 0.3) is 0 Å². The summed E-state index contributed by atoms with van der Waals surface area (Å²) in [4.78, 5) is 2.91. The van der Waals surface area contributed by atoms with Crippen LogP contribution in [0.5, 0.6) is 0 Å². The number of aromatic nitrogens is 1. The van der Waals surface area contributed by atoms with E-state index in [4.69, 9.17) is 12.2 Å². The highest BCUT2D eigenvalue weighted by Crippen LogP contribution is 1.89. The Morgan fingerprint density at radius 2 is 2.58 bits per heavy atom. The van der Waals surface area contributed by atoms with E-state index in [1.807, 2.05) is 18.5 Å². The number of hydrazone groups is 1. The first-order chi connectivity index (χ1) is 5.83. The Kier molecular flexibility index (Phi) is 3.28. The van der Waals surface area contributed by atoms with Crippen LogP contribution < -0.4 is 10.7 Å². The normalized spacial score (nSPS) is 10.1. The summed E-state index contributed by atoms with van der Waals surface area (Å²) in [6.07, 6.45) is 5.35. The summed E-state index contributed by atoms with van der Waals surface area (Å²) in [5, 5.41) is 7.13. The van der Waals surface area contributed by atoms with Gasteiger partial charge in [0.15, 0.2) is 5.11 Å².